The lowest BCUT2D eigenvalue weighted by molar-refractivity contribution is -0.274. The summed E-state index contributed by atoms with van der Waals surface area (Å²) in [4.78, 5) is 12.2. The van der Waals surface area contributed by atoms with Gasteiger partial charge in [0.15, 0.2) is 11.5 Å². The summed E-state index contributed by atoms with van der Waals surface area (Å²) in [6.45, 7) is 0. The Balaban J connectivity index is 2.09. The molecule has 24 heavy (non-hydrogen) atoms. The number of carbonyl (C=O) groups excluding carboxylic acids is 1. The van der Waals surface area contributed by atoms with Gasteiger partial charge in [0.05, 0.1) is 14.2 Å². The van der Waals surface area contributed by atoms with E-state index in [-0.39, 0.29) is 5.75 Å². The zero-order chi connectivity index (χ0) is 17.7. The molecule has 0 fully saturated rings. The molecule has 0 atom stereocenters. The van der Waals surface area contributed by atoms with E-state index in [0.717, 1.165) is 12.1 Å². The van der Waals surface area contributed by atoms with E-state index in [0.29, 0.717) is 22.7 Å². The quantitative estimate of drug-likeness (QED) is 0.897. The third-order valence-corrected chi connectivity index (χ3v) is 2.99. The monoisotopic (exact) mass is 341 g/mol. The van der Waals surface area contributed by atoms with Gasteiger partial charge in [-0.15, -0.1) is 13.2 Å². The third-order valence-electron chi connectivity index (χ3n) is 2.99. The fraction of sp³-hybridized carbons (Fsp3) is 0.188. The van der Waals surface area contributed by atoms with Crippen LogP contribution in [0.1, 0.15) is 10.4 Å². The highest BCUT2D eigenvalue weighted by Crippen LogP contribution is 2.28. The van der Waals surface area contributed by atoms with E-state index in [1.54, 1.807) is 6.07 Å². The van der Waals surface area contributed by atoms with Crippen molar-refractivity contribution in [1.82, 2.24) is 0 Å². The number of benzene rings is 2. The molecule has 0 unspecified atom stereocenters. The molecule has 128 valence electrons. The van der Waals surface area contributed by atoms with Crippen molar-refractivity contribution in [3.63, 3.8) is 0 Å². The van der Waals surface area contributed by atoms with Crippen LogP contribution in [-0.2, 0) is 0 Å². The van der Waals surface area contributed by atoms with Gasteiger partial charge in [0, 0.05) is 11.3 Å². The number of anilines is 1. The number of nitrogens with one attached hydrogen (secondary N) is 1. The molecular formula is C16H14F3NO4. The first-order valence-corrected chi connectivity index (χ1v) is 6.71. The lowest BCUT2D eigenvalue weighted by Gasteiger charge is -2.11. The fourth-order valence-electron chi connectivity index (χ4n) is 1.92. The number of halogens is 3. The second-order valence-electron chi connectivity index (χ2n) is 4.60. The van der Waals surface area contributed by atoms with Crippen LogP contribution in [-0.4, -0.2) is 26.5 Å². The van der Waals surface area contributed by atoms with E-state index >= 15 is 0 Å². The molecule has 0 saturated carbocycles. The van der Waals surface area contributed by atoms with E-state index in [2.05, 4.69) is 10.1 Å². The van der Waals surface area contributed by atoms with Crippen molar-refractivity contribution in [1.29, 1.82) is 0 Å². The second-order valence-corrected chi connectivity index (χ2v) is 4.60. The normalized spacial score (nSPS) is 10.9. The summed E-state index contributed by atoms with van der Waals surface area (Å²) in [5.74, 6) is 0.0498. The number of amides is 1. The van der Waals surface area contributed by atoms with Crippen molar-refractivity contribution in [2.24, 2.45) is 0 Å². The maximum atomic E-state index is 12.2. The van der Waals surface area contributed by atoms with Crippen LogP contribution in [0.15, 0.2) is 42.5 Å². The van der Waals surface area contributed by atoms with Gasteiger partial charge in [-0.2, -0.15) is 0 Å². The van der Waals surface area contributed by atoms with E-state index < -0.39 is 12.3 Å². The molecule has 0 aliphatic carbocycles. The smallest absolute Gasteiger partial charge is 0.493 e. The molecule has 1 N–H and O–H groups in total. The Hall–Kier alpha value is -2.90. The minimum Gasteiger partial charge on any atom is -0.493 e. The summed E-state index contributed by atoms with van der Waals surface area (Å²) >= 11 is 0. The Morgan fingerprint density at radius 3 is 2.12 bits per heavy atom. The first kappa shape index (κ1) is 17.5. The zero-order valence-corrected chi connectivity index (χ0v) is 12.8. The molecule has 5 nitrogen and oxygen atoms in total. The van der Waals surface area contributed by atoms with Gasteiger partial charge in [0.2, 0.25) is 0 Å². The molecule has 0 bridgehead atoms. The molecule has 0 aromatic heterocycles. The lowest BCUT2D eigenvalue weighted by Crippen LogP contribution is -2.17. The van der Waals surface area contributed by atoms with Crippen molar-refractivity contribution in [3.05, 3.63) is 48.0 Å². The van der Waals surface area contributed by atoms with Gasteiger partial charge in [-0.3, -0.25) is 4.79 Å². The van der Waals surface area contributed by atoms with Gasteiger partial charge in [-0.05, 0) is 42.5 Å². The second kappa shape index (κ2) is 7.12. The SMILES string of the molecule is COc1ccc(C(=O)Nc2ccc(OC(F)(F)F)cc2)cc1OC. The van der Waals surface area contributed by atoms with E-state index in [4.69, 9.17) is 9.47 Å². The Kier molecular flexibility index (Phi) is 5.18. The number of alkyl halides is 3. The molecule has 0 heterocycles. The number of methoxy groups -OCH3 is 2. The van der Waals surface area contributed by atoms with Crippen molar-refractivity contribution >= 4 is 11.6 Å². The number of carbonyl (C=O) groups is 1. The van der Waals surface area contributed by atoms with Crippen LogP contribution in [0, 0.1) is 0 Å². The average Bonchev–Trinajstić information content (AvgIpc) is 2.54. The van der Waals surface area contributed by atoms with Crippen LogP contribution in [0.5, 0.6) is 17.2 Å². The van der Waals surface area contributed by atoms with Crippen molar-refractivity contribution in [2.45, 2.75) is 6.36 Å². The Bertz CT molecular complexity index is 714. The molecule has 0 aliphatic rings. The molecule has 2 aromatic carbocycles. The minimum atomic E-state index is -4.76. The molecule has 2 aromatic rings. The first-order chi connectivity index (χ1) is 11.3. The molecule has 2 rings (SSSR count). The summed E-state index contributed by atoms with van der Waals surface area (Å²) in [6.07, 6.45) is -4.76. The molecule has 0 aliphatic heterocycles. The Labute approximate surface area is 135 Å². The minimum absolute atomic E-state index is 0.309. The number of hydrogen-bond donors (Lipinski definition) is 1. The first-order valence-electron chi connectivity index (χ1n) is 6.71. The topological polar surface area (TPSA) is 56.8 Å². The molecule has 0 spiro atoms. The Morgan fingerprint density at radius 1 is 0.958 bits per heavy atom. The van der Waals surface area contributed by atoms with Gasteiger partial charge >= 0.3 is 6.36 Å². The number of hydrogen-bond acceptors (Lipinski definition) is 4. The van der Waals surface area contributed by atoms with E-state index in [9.17, 15) is 18.0 Å². The van der Waals surface area contributed by atoms with Gasteiger partial charge in [0.25, 0.3) is 5.91 Å². The predicted octanol–water partition coefficient (Wildman–Crippen LogP) is 3.85. The van der Waals surface area contributed by atoms with Gasteiger partial charge in [-0.1, -0.05) is 0 Å². The summed E-state index contributed by atoms with van der Waals surface area (Å²) in [7, 11) is 2.92. The van der Waals surface area contributed by atoms with Crippen LogP contribution >= 0.6 is 0 Å². The third kappa shape index (κ3) is 4.55. The molecule has 0 saturated heterocycles. The summed E-state index contributed by atoms with van der Waals surface area (Å²) in [5, 5.41) is 2.56. The van der Waals surface area contributed by atoms with Crippen molar-refractivity contribution in [3.8, 4) is 17.2 Å². The van der Waals surface area contributed by atoms with E-state index in [1.807, 2.05) is 0 Å². The molecule has 0 radical (unpaired) electrons. The highest BCUT2D eigenvalue weighted by molar-refractivity contribution is 6.04. The van der Waals surface area contributed by atoms with Crippen LogP contribution in [0.2, 0.25) is 0 Å². The van der Waals surface area contributed by atoms with Gasteiger partial charge in [0.1, 0.15) is 5.75 Å². The summed E-state index contributed by atoms with van der Waals surface area (Å²) < 4.78 is 50.2. The van der Waals surface area contributed by atoms with Crippen LogP contribution < -0.4 is 19.5 Å². The Morgan fingerprint density at radius 2 is 1.58 bits per heavy atom. The number of rotatable bonds is 5. The fourth-order valence-corrected chi connectivity index (χ4v) is 1.92. The molecular weight excluding hydrogens is 327 g/mol. The van der Waals surface area contributed by atoms with Gasteiger partial charge in [-0.25, -0.2) is 0 Å². The van der Waals surface area contributed by atoms with Crippen LogP contribution in [0.4, 0.5) is 18.9 Å². The van der Waals surface area contributed by atoms with E-state index in [1.165, 1.54) is 38.5 Å². The maximum absolute atomic E-state index is 12.2. The van der Waals surface area contributed by atoms with Crippen LogP contribution in [0.3, 0.4) is 0 Å². The highest BCUT2D eigenvalue weighted by atomic mass is 19.4. The predicted molar refractivity (Wildman–Crippen MR) is 80.6 cm³/mol. The molecule has 8 heteroatoms. The largest absolute Gasteiger partial charge is 0.573 e. The summed E-state index contributed by atoms with van der Waals surface area (Å²) in [6, 6.07) is 9.44. The standard InChI is InChI=1S/C16H14F3NO4/c1-22-13-8-3-10(9-14(13)23-2)15(21)20-11-4-6-12(7-5-11)24-16(17,18)19/h3-9H,1-2H3,(H,20,21). The lowest BCUT2D eigenvalue weighted by atomic mass is 10.2. The van der Waals surface area contributed by atoms with Crippen molar-refractivity contribution in [2.75, 3.05) is 19.5 Å². The number of ether oxygens (including phenoxy) is 3. The van der Waals surface area contributed by atoms with Gasteiger partial charge < -0.3 is 19.5 Å². The molecule has 1 amide bonds. The van der Waals surface area contributed by atoms with Crippen molar-refractivity contribution < 1.29 is 32.2 Å². The van der Waals surface area contributed by atoms with Crippen LogP contribution in [0.25, 0.3) is 0 Å². The zero-order valence-electron chi connectivity index (χ0n) is 12.8. The maximum Gasteiger partial charge on any atom is 0.573 e. The highest BCUT2D eigenvalue weighted by Gasteiger charge is 2.30. The average molecular weight is 341 g/mol. The summed E-state index contributed by atoms with van der Waals surface area (Å²) in [5.41, 5.74) is 0.632.